The molecule has 0 aliphatic rings. The van der Waals surface area contributed by atoms with Gasteiger partial charge in [-0.2, -0.15) is 0 Å². The largest absolute Gasteiger partial charge is 0.508 e. The number of aromatic hydroxyl groups is 1. The molecule has 0 aliphatic carbocycles. The molecular weight excluding hydrogens is 480 g/mol. The van der Waals surface area contributed by atoms with Crippen molar-refractivity contribution in [3.63, 3.8) is 0 Å². The van der Waals surface area contributed by atoms with E-state index < -0.39 is 11.7 Å². The molecule has 2 rings (SSSR count). The van der Waals surface area contributed by atoms with Crippen molar-refractivity contribution in [2.75, 3.05) is 0 Å². The Morgan fingerprint density at radius 2 is 1.31 bits per heavy atom. The summed E-state index contributed by atoms with van der Waals surface area (Å²) >= 11 is 0. The minimum Gasteiger partial charge on any atom is -0.508 e. The van der Waals surface area contributed by atoms with Gasteiger partial charge in [-0.15, -0.1) is 13.2 Å². The van der Waals surface area contributed by atoms with Crippen molar-refractivity contribution in [2.24, 2.45) is 10.8 Å². The molecule has 3 heteroatoms. The lowest BCUT2D eigenvalue weighted by molar-refractivity contribution is -0.0354. The number of phenolic OH excluding ortho intramolecular Hbond substituents is 1. The van der Waals surface area contributed by atoms with Gasteiger partial charge in [-0.3, -0.25) is 0 Å². The topological polar surface area (TPSA) is 49.7 Å². The fraction of sp³-hybridized carbons (Fsp3) is 0.389. The van der Waals surface area contributed by atoms with Crippen molar-refractivity contribution in [3.8, 4) is 11.5 Å². The molecule has 0 aromatic heterocycles. The predicted octanol–water partition coefficient (Wildman–Crippen LogP) is 9.55. The van der Waals surface area contributed by atoms with Gasteiger partial charge >= 0.3 is 0 Å². The third-order valence-electron chi connectivity index (χ3n) is 7.39. The molecule has 0 heterocycles. The van der Waals surface area contributed by atoms with Gasteiger partial charge in [0, 0.05) is 10.8 Å². The van der Waals surface area contributed by atoms with E-state index in [1.165, 1.54) is 5.57 Å². The molecule has 2 N–H and O–H groups in total. The van der Waals surface area contributed by atoms with Crippen LogP contribution in [0.3, 0.4) is 0 Å². The summed E-state index contributed by atoms with van der Waals surface area (Å²) in [5.41, 5.74) is 2.33. The molecule has 39 heavy (non-hydrogen) atoms. The second kappa shape index (κ2) is 14.2. The molecule has 0 radical (unpaired) electrons. The summed E-state index contributed by atoms with van der Waals surface area (Å²) < 4.78 is 6.24. The summed E-state index contributed by atoms with van der Waals surface area (Å²) in [4.78, 5) is 0. The maximum Gasteiger partial charge on any atom is 0.129 e. The van der Waals surface area contributed by atoms with E-state index in [2.05, 4.69) is 65.2 Å². The Bertz CT molecular complexity index is 1150. The van der Waals surface area contributed by atoms with Crippen LogP contribution >= 0.6 is 0 Å². The monoisotopic (exact) mass is 528 g/mol. The molecule has 0 saturated heterocycles. The van der Waals surface area contributed by atoms with Crippen molar-refractivity contribution >= 4 is 12.2 Å². The van der Waals surface area contributed by atoms with Gasteiger partial charge in [-0.1, -0.05) is 86.2 Å². The summed E-state index contributed by atoms with van der Waals surface area (Å²) in [6, 6.07) is 15.1. The average Bonchev–Trinajstić information content (AvgIpc) is 2.90. The summed E-state index contributed by atoms with van der Waals surface area (Å²) in [6.07, 6.45) is 17.3. The highest BCUT2D eigenvalue weighted by Gasteiger charge is 2.31. The van der Waals surface area contributed by atoms with Crippen molar-refractivity contribution in [1.82, 2.24) is 0 Å². The summed E-state index contributed by atoms with van der Waals surface area (Å²) in [6.45, 7) is 20.5. The molecule has 0 aliphatic heterocycles. The van der Waals surface area contributed by atoms with Gasteiger partial charge in [0.25, 0.3) is 0 Å². The van der Waals surface area contributed by atoms with Crippen LogP contribution in [0.1, 0.15) is 78.4 Å². The Hall–Kier alpha value is -3.30. The molecule has 0 spiro atoms. The number of allylic oxidation sites excluding steroid dienone is 6. The van der Waals surface area contributed by atoms with Crippen LogP contribution in [-0.2, 0) is 0 Å². The van der Waals surface area contributed by atoms with Crippen molar-refractivity contribution in [2.45, 2.75) is 78.9 Å². The van der Waals surface area contributed by atoms with Crippen LogP contribution in [0.5, 0.6) is 11.5 Å². The van der Waals surface area contributed by atoms with E-state index in [1.807, 2.05) is 68.5 Å². The van der Waals surface area contributed by atoms with Gasteiger partial charge in [0.2, 0.25) is 0 Å². The standard InChI is InChI=1S/C36H48O3/c1-9-35(7,24-11-12-28(3)4)25-21-30-15-19-32(20-16-30)39-34(5,6)33(38)23-27-36(8,10-2)26-22-29-13-17-31(37)18-14-29/h9-10,12-22,25-26,33,37-38H,1-2,11,23-24,27H2,3-8H3/b25-21+,26-22+/t33-,35+,36-/m0/s1. The molecular formula is C36H48O3. The van der Waals surface area contributed by atoms with Gasteiger partial charge in [0.05, 0.1) is 6.10 Å². The van der Waals surface area contributed by atoms with E-state index in [9.17, 15) is 10.2 Å². The third-order valence-corrected chi connectivity index (χ3v) is 7.39. The first-order chi connectivity index (χ1) is 18.3. The maximum atomic E-state index is 11.0. The maximum absolute atomic E-state index is 11.0. The van der Waals surface area contributed by atoms with Crippen LogP contribution in [0.4, 0.5) is 0 Å². The Kier molecular flexibility index (Phi) is 11.6. The lowest BCUT2D eigenvalue weighted by Gasteiger charge is -2.33. The van der Waals surface area contributed by atoms with E-state index in [1.54, 1.807) is 12.1 Å². The smallest absolute Gasteiger partial charge is 0.129 e. The van der Waals surface area contributed by atoms with Gasteiger partial charge in [-0.05, 0) is 88.8 Å². The van der Waals surface area contributed by atoms with Crippen molar-refractivity contribution < 1.29 is 14.9 Å². The van der Waals surface area contributed by atoms with E-state index >= 15 is 0 Å². The SMILES string of the molecule is C=C[C@@](C)(/C=C/c1ccc(OC(C)(C)[C@@H](O)CC[C@@](C)(C=C)/C=C/c2ccc(O)cc2)cc1)CCC=C(C)C. The molecule has 0 bridgehead atoms. The van der Waals surface area contributed by atoms with Gasteiger partial charge in [-0.25, -0.2) is 0 Å². The number of benzene rings is 2. The summed E-state index contributed by atoms with van der Waals surface area (Å²) in [5, 5.41) is 20.5. The summed E-state index contributed by atoms with van der Waals surface area (Å²) in [7, 11) is 0. The summed E-state index contributed by atoms with van der Waals surface area (Å²) in [5.74, 6) is 0.974. The van der Waals surface area contributed by atoms with E-state index in [0.29, 0.717) is 6.42 Å². The fourth-order valence-electron chi connectivity index (χ4n) is 4.15. The highest BCUT2D eigenvalue weighted by Crippen LogP contribution is 2.32. The minimum absolute atomic E-state index is 0.0631. The molecule has 2 aromatic carbocycles. The Balaban J connectivity index is 1.98. The molecule has 0 fully saturated rings. The van der Waals surface area contributed by atoms with Crippen LogP contribution in [0.25, 0.3) is 12.2 Å². The van der Waals surface area contributed by atoms with Gasteiger partial charge in [0.1, 0.15) is 17.1 Å². The van der Waals surface area contributed by atoms with E-state index in [-0.39, 0.29) is 16.6 Å². The second-order valence-electron chi connectivity index (χ2n) is 11.8. The molecule has 0 unspecified atom stereocenters. The number of phenols is 1. The number of rotatable bonds is 15. The predicted molar refractivity (Wildman–Crippen MR) is 168 cm³/mol. The number of aliphatic hydroxyl groups excluding tert-OH is 1. The van der Waals surface area contributed by atoms with Crippen molar-refractivity contribution in [1.29, 1.82) is 0 Å². The molecule has 0 amide bonds. The number of aliphatic hydroxyl groups is 1. The third kappa shape index (κ3) is 10.8. The zero-order valence-electron chi connectivity index (χ0n) is 24.8. The Morgan fingerprint density at radius 1 is 0.821 bits per heavy atom. The van der Waals surface area contributed by atoms with Crippen LogP contribution in [-0.4, -0.2) is 21.9 Å². The van der Waals surface area contributed by atoms with Crippen LogP contribution in [0.2, 0.25) is 0 Å². The number of hydrogen-bond donors (Lipinski definition) is 2. The quantitative estimate of drug-likeness (QED) is 0.226. The molecule has 3 nitrogen and oxygen atoms in total. The zero-order chi connectivity index (χ0) is 29.1. The average molecular weight is 529 g/mol. The lowest BCUT2D eigenvalue weighted by Crippen LogP contribution is -2.42. The first kappa shape index (κ1) is 31.9. The van der Waals surface area contributed by atoms with Crippen molar-refractivity contribution in [3.05, 3.63) is 109 Å². The Morgan fingerprint density at radius 3 is 1.79 bits per heavy atom. The highest BCUT2D eigenvalue weighted by atomic mass is 16.5. The first-order valence-electron chi connectivity index (χ1n) is 13.8. The lowest BCUT2D eigenvalue weighted by atomic mass is 9.82. The number of hydrogen-bond acceptors (Lipinski definition) is 3. The van der Waals surface area contributed by atoms with Crippen LogP contribution in [0, 0.1) is 10.8 Å². The van der Waals surface area contributed by atoms with Gasteiger partial charge in [0.15, 0.2) is 0 Å². The van der Waals surface area contributed by atoms with Crippen LogP contribution < -0.4 is 4.74 Å². The zero-order valence-corrected chi connectivity index (χ0v) is 24.8. The fourth-order valence-corrected chi connectivity index (χ4v) is 4.15. The first-order valence-corrected chi connectivity index (χ1v) is 13.8. The van der Waals surface area contributed by atoms with Crippen LogP contribution in [0.15, 0.2) is 97.6 Å². The normalized spacial score (nSPS) is 15.9. The molecule has 2 aromatic rings. The molecule has 210 valence electrons. The molecule has 0 saturated carbocycles. The van der Waals surface area contributed by atoms with E-state index in [0.717, 1.165) is 36.1 Å². The van der Waals surface area contributed by atoms with E-state index in [4.69, 9.17) is 4.74 Å². The highest BCUT2D eigenvalue weighted by molar-refractivity contribution is 5.52. The molecule has 3 atom stereocenters. The van der Waals surface area contributed by atoms with Gasteiger partial charge < -0.3 is 14.9 Å². The minimum atomic E-state index is -0.757. The second-order valence-corrected chi connectivity index (χ2v) is 11.8. The Labute approximate surface area is 237 Å². The number of ether oxygens (including phenoxy) is 1.